The zero-order chi connectivity index (χ0) is 18.0. The average molecular weight is 349 g/mol. The molecule has 3 saturated carbocycles. The molecule has 1 aromatic carbocycles. The lowest BCUT2D eigenvalue weighted by Gasteiger charge is -2.39. The van der Waals surface area contributed by atoms with E-state index < -0.39 is 5.41 Å². The second-order valence-electron chi connectivity index (χ2n) is 7.60. The van der Waals surface area contributed by atoms with Crippen LogP contribution in [0.5, 0.6) is 0 Å². The lowest BCUT2D eigenvalue weighted by molar-refractivity contribution is -0.158. The first-order valence-corrected chi connectivity index (χ1v) is 9.30. The summed E-state index contributed by atoms with van der Waals surface area (Å²) in [5, 5.41) is 0. The first kappa shape index (κ1) is 17.0. The maximum absolute atomic E-state index is 12.9. The van der Waals surface area contributed by atoms with Gasteiger partial charge in [0.05, 0.1) is 5.92 Å². The molecule has 0 radical (unpaired) electrons. The van der Waals surface area contributed by atoms with Gasteiger partial charge in [-0.1, -0.05) is 36.4 Å². The molecule has 2 aromatic rings. The molecule has 0 aliphatic heterocycles. The van der Waals surface area contributed by atoms with E-state index in [2.05, 4.69) is 4.98 Å². The molecule has 26 heavy (non-hydrogen) atoms. The molecule has 1 atom stereocenters. The molecule has 2 bridgehead atoms. The van der Waals surface area contributed by atoms with Gasteiger partial charge >= 0.3 is 5.97 Å². The number of esters is 1. The van der Waals surface area contributed by atoms with Crippen LogP contribution in [0.1, 0.15) is 36.8 Å². The molecule has 5 rings (SSSR count). The number of hydrogen-bond donors (Lipinski definition) is 0. The largest absolute Gasteiger partial charge is 0.461 e. The van der Waals surface area contributed by atoms with E-state index in [1.165, 1.54) is 5.56 Å². The van der Waals surface area contributed by atoms with Crippen molar-refractivity contribution in [1.29, 1.82) is 0 Å². The van der Waals surface area contributed by atoms with Gasteiger partial charge in [-0.2, -0.15) is 0 Å². The first-order valence-electron chi connectivity index (χ1n) is 9.30. The van der Waals surface area contributed by atoms with Crippen molar-refractivity contribution >= 4 is 11.8 Å². The number of fused-ring (bicyclic) bond motifs is 1. The number of Topliss-reactive ketones (excluding diaryl/α,β-unsaturated/α-hetero) is 1. The Kier molecular flexibility index (Phi) is 4.58. The maximum Gasteiger partial charge on any atom is 0.310 e. The summed E-state index contributed by atoms with van der Waals surface area (Å²) in [5.41, 5.74) is 1.57. The standard InChI is InChI=1S/C22H23NO3/c24-20(9-8-16-5-2-1-3-6-16)22-12-18(13-22)11-19(22)21(25)26-15-17-7-4-10-23-14-17/h1-7,10,14,18-19H,8-9,11-13,15H2. The summed E-state index contributed by atoms with van der Waals surface area (Å²) in [6, 6.07) is 13.8. The van der Waals surface area contributed by atoms with E-state index in [1.807, 2.05) is 42.5 Å². The number of hydrogen-bond acceptors (Lipinski definition) is 4. The maximum atomic E-state index is 12.9. The van der Waals surface area contributed by atoms with E-state index in [0.717, 1.165) is 31.2 Å². The number of carbonyl (C=O) groups is 2. The number of pyridine rings is 1. The van der Waals surface area contributed by atoms with E-state index in [1.54, 1.807) is 12.4 Å². The Morgan fingerprint density at radius 2 is 1.85 bits per heavy atom. The molecule has 134 valence electrons. The Hall–Kier alpha value is -2.49. The highest BCUT2D eigenvalue weighted by molar-refractivity contribution is 5.92. The number of rotatable bonds is 7. The number of ketones is 1. The fraction of sp³-hybridized carbons (Fsp3) is 0.409. The number of aromatic nitrogens is 1. The second-order valence-corrected chi connectivity index (χ2v) is 7.60. The minimum Gasteiger partial charge on any atom is -0.461 e. The Morgan fingerprint density at radius 3 is 2.58 bits per heavy atom. The lowest BCUT2D eigenvalue weighted by Crippen LogP contribution is -2.43. The van der Waals surface area contributed by atoms with Gasteiger partial charge < -0.3 is 4.74 Å². The van der Waals surface area contributed by atoms with Gasteiger partial charge in [-0.25, -0.2) is 0 Å². The van der Waals surface area contributed by atoms with Crippen LogP contribution in [0.15, 0.2) is 54.9 Å². The number of nitrogens with zero attached hydrogens (tertiary/aromatic N) is 1. The van der Waals surface area contributed by atoms with Gasteiger partial charge in [-0.3, -0.25) is 14.6 Å². The van der Waals surface area contributed by atoms with Crippen molar-refractivity contribution in [3.05, 3.63) is 66.0 Å². The summed E-state index contributed by atoms with van der Waals surface area (Å²) in [6.07, 6.45) is 7.14. The van der Waals surface area contributed by atoms with E-state index in [9.17, 15) is 9.59 Å². The molecule has 0 amide bonds. The minimum absolute atomic E-state index is 0.220. The molecule has 0 spiro atoms. The summed E-state index contributed by atoms with van der Waals surface area (Å²) in [5.74, 6) is 0.249. The van der Waals surface area contributed by atoms with Crippen molar-refractivity contribution in [1.82, 2.24) is 4.98 Å². The zero-order valence-electron chi connectivity index (χ0n) is 14.8. The van der Waals surface area contributed by atoms with Crippen LogP contribution in [0.2, 0.25) is 0 Å². The van der Waals surface area contributed by atoms with Crippen LogP contribution >= 0.6 is 0 Å². The quantitative estimate of drug-likeness (QED) is 0.715. The van der Waals surface area contributed by atoms with Crippen molar-refractivity contribution in [2.24, 2.45) is 17.3 Å². The number of aryl methyl sites for hydroxylation is 1. The average Bonchev–Trinajstić information content (AvgIpc) is 3.23. The van der Waals surface area contributed by atoms with Gasteiger partial charge in [-0.15, -0.1) is 0 Å². The number of benzene rings is 1. The van der Waals surface area contributed by atoms with Crippen molar-refractivity contribution in [2.45, 2.75) is 38.7 Å². The Bertz CT molecular complexity index is 779. The number of carbonyl (C=O) groups excluding carboxylic acids is 2. The SMILES string of the molecule is O=C(OCc1cccnc1)C1CC2CC1(C(=O)CCc1ccccc1)C2. The van der Waals surface area contributed by atoms with Crippen LogP contribution in [0.3, 0.4) is 0 Å². The third-order valence-electron chi connectivity index (χ3n) is 5.97. The molecule has 3 aliphatic carbocycles. The first-order chi connectivity index (χ1) is 12.7. The van der Waals surface area contributed by atoms with E-state index in [-0.39, 0.29) is 24.3 Å². The van der Waals surface area contributed by atoms with Crippen LogP contribution in [-0.4, -0.2) is 16.7 Å². The molecular formula is C22H23NO3. The molecule has 3 fully saturated rings. The Morgan fingerprint density at radius 1 is 1.08 bits per heavy atom. The molecule has 0 saturated heterocycles. The smallest absolute Gasteiger partial charge is 0.310 e. The van der Waals surface area contributed by atoms with Crippen molar-refractivity contribution in [2.75, 3.05) is 0 Å². The van der Waals surface area contributed by atoms with Gasteiger partial charge in [0.15, 0.2) is 0 Å². The molecular weight excluding hydrogens is 326 g/mol. The van der Waals surface area contributed by atoms with Crippen LogP contribution in [-0.2, 0) is 27.4 Å². The lowest BCUT2D eigenvalue weighted by atomic mass is 9.63. The van der Waals surface area contributed by atoms with Crippen molar-refractivity contribution in [3.8, 4) is 0 Å². The van der Waals surface area contributed by atoms with Crippen LogP contribution in [0.25, 0.3) is 0 Å². The normalized spacial score (nSPS) is 26.2. The van der Waals surface area contributed by atoms with Crippen molar-refractivity contribution < 1.29 is 14.3 Å². The second kappa shape index (κ2) is 7.02. The van der Waals surface area contributed by atoms with Crippen molar-refractivity contribution in [3.63, 3.8) is 0 Å². The highest BCUT2D eigenvalue weighted by atomic mass is 16.5. The topological polar surface area (TPSA) is 56.3 Å². The fourth-order valence-electron chi connectivity index (χ4n) is 4.61. The van der Waals surface area contributed by atoms with E-state index >= 15 is 0 Å². The Labute approximate surface area is 153 Å². The third-order valence-corrected chi connectivity index (χ3v) is 5.97. The number of ether oxygens (including phenoxy) is 1. The van der Waals surface area contributed by atoms with Gasteiger partial charge in [0.25, 0.3) is 0 Å². The van der Waals surface area contributed by atoms with Gasteiger partial charge in [0, 0.05) is 29.8 Å². The predicted octanol–water partition coefficient (Wildman–Crippen LogP) is 3.74. The monoisotopic (exact) mass is 349 g/mol. The van der Waals surface area contributed by atoms with Crippen LogP contribution < -0.4 is 0 Å². The van der Waals surface area contributed by atoms with Gasteiger partial charge in [0.1, 0.15) is 12.4 Å². The van der Waals surface area contributed by atoms with Crippen LogP contribution in [0.4, 0.5) is 0 Å². The molecule has 3 aliphatic rings. The van der Waals surface area contributed by atoms with Gasteiger partial charge in [-0.05, 0) is 43.2 Å². The molecule has 4 heteroatoms. The molecule has 4 nitrogen and oxygen atoms in total. The Balaban J connectivity index is 1.37. The van der Waals surface area contributed by atoms with Gasteiger partial charge in [0.2, 0.25) is 0 Å². The summed E-state index contributed by atoms with van der Waals surface area (Å²) >= 11 is 0. The molecule has 1 unspecified atom stereocenters. The highest BCUT2D eigenvalue weighted by Crippen LogP contribution is 2.63. The fourth-order valence-corrected chi connectivity index (χ4v) is 4.61. The highest BCUT2D eigenvalue weighted by Gasteiger charge is 2.63. The summed E-state index contributed by atoms with van der Waals surface area (Å²) in [7, 11) is 0. The third kappa shape index (κ3) is 3.16. The van der Waals surface area contributed by atoms with E-state index in [4.69, 9.17) is 4.74 Å². The van der Waals surface area contributed by atoms with Crippen LogP contribution in [0, 0.1) is 17.3 Å². The predicted molar refractivity (Wildman–Crippen MR) is 97.1 cm³/mol. The summed E-state index contributed by atoms with van der Waals surface area (Å²) < 4.78 is 5.52. The minimum atomic E-state index is -0.467. The molecule has 1 aromatic heterocycles. The van der Waals surface area contributed by atoms with E-state index in [0.29, 0.717) is 12.3 Å². The molecule has 0 N–H and O–H groups in total. The summed E-state index contributed by atoms with van der Waals surface area (Å²) in [4.78, 5) is 29.6. The zero-order valence-corrected chi connectivity index (χ0v) is 14.8. The molecule has 1 heterocycles. The summed E-state index contributed by atoms with van der Waals surface area (Å²) in [6.45, 7) is 0.224.